The number of fused-ring (bicyclic) bond motifs is 1. The summed E-state index contributed by atoms with van der Waals surface area (Å²) in [4.78, 5) is 12.4. The summed E-state index contributed by atoms with van der Waals surface area (Å²) >= 11 is 0. The molecule has 164 valence electrons. The van der Waals surface area contributed by atoms with Crippen molar-refractivity contribution < 1.29 is 13.5 Å². The van der Waals surface area contributed by atoms with Crippen LogP contribution in [0.3, 0.4) is 0 Å². The number of benzene rings is 2. The van der Waals surface area contributed by atoms with Crippen molar-refractivity contribution >= 4 is 16.9 Å². The van der Waals surface area contributed by atoms with E-state index in [2.05, 4.69) is 20.6 Å². The maximum atomic E-state index is 14.4. The van der Waals surface area contributed by atoms with Crippen LogP contribution in [0.1, 0.15) is 12.8 Å². The summed E-state index contributed by atoms with van der Waals surface area (Å²) in [6.07, 6.45) is 3.96. The molecule has 0 amide bonds. The first-order valence-corrected chi connectivity index (χ1v) is 10.6. The van der Waals surface area contributed by atoms with Crippen LogP contribution in [0.25, 0.3) is 33.3 Å². The minimum atomic E-state index is -0.599. The second-order valence-electron chi connectivity index (χ2n) is 7.87. The first-order valence-electron chi connectivity index (χ1n) is 10.6. The number of aromatic nitrogens is 3. The SMILES string of the molecule is COc1cc(-c2c[nH]c3ccc(-c4c(F)cccc4F)cc23)nc(N[C@@H]2CCCNC2)n1. The Labute approximate surface area is 184 Å². The molecule has 4 aromatic rings. The van der Waals surface area contributed by atoms with Gasteiger partial charge in [-0.1, -0.05) is 12.1 Å². The maximum absolute atomic E-state index is 14.4. The third-order valence-electron chi connectivity index (χ3n) is 5.75. The van der Waals surface area contributed by atoms with Gasteiger partial charge < -0.3 is 20.4 Å². The largest absolute Gasteiger partial charge is 0.481 e. The number of halogens is 2. The highest BCUT2D eigenvalue weighted by Gasteiger charge is 2.18. The molecule has 0 spiro atoms. The monoisotopic (exact) mass is 435 g/mol. The van der Waals surface area contributed by atoms with Gasteiger partial charge in [0, 0.05) is 41.3 Å². The number of hydrogen-bond acceptors (Lipinski definition) is 5. The number of methoxy groups -OCH3 is 1. The third-order valence-corrected chi connectivity index (χ3v) is 5.75. The summed E-state index contributed by atoms with van der Waals surface area (Å²) in [5, 5.41) is 7.55. The molecule has 5 rings (SSSR count). The Morgan fingerprint density at radius 3 is 2.69 bits per heavy atom. The minimum Gasteiger partial charge on any atom is -0.481 e. The van der Waals surface area contributed by atoms with Gasteiger partial charge in [0.1, 0.15) is 11.6 Å². The highest BCUT2D eigenvalue weighted by atomic mass is 19.1. The summed E-state index contributed by atoms with van der Waals surface area (Å²) in [6, 6.07) is 11.2. The van der Waals surface area contributed by atoms with Crippen LogP contribution in [0.4, 0.5) is 14.7 Å². The number of nitrogens with one attached hydrogen (secondary N) is 3. The van der Waals surface area contributed by atoms with Gasteiger partial charge in [-0.2, -0.15) is 4.98 Å². The Balaban J connectivity index is 1.57. The Bertz CT molecular complexity index is 1250. The number of rotatable bonds is 5. The Hall–Kier alpha value is -3.52. The fraction of sp³-hybridized carbons (Fsp3) is 0.250. The van der Waals surface area contributed by atoms with E-state index in [-0.39, 0.29) is 11.6 Å². The van der Waals surface area contributed by atoms with Gasteiger partial charge in [-0.05, 0) is 49.2 Å². The van der Waals surface area contributed by atoms with E-state index in [1.54, 1.807) is 25.3 Å². The van der Waals surface area contributed by atoms with Crippen LogP contribution >= 0.6 is 0 Å². The molecule has 0 unspecified atom stereocenters. The molecule has 1 aliphatic heterocycles. The lowest BCUT2D eigenvalue weighted by atomic mass is 10.0. The lowest BCUT2D eigenvalue weighted by Gasteiger charge is -2.24. The van der Waals surface area contributed by atoms with Crippen molar-refractivity contribution in [1.29, 1.82) is 0 Å². The lowest BCUT2D eigenvalue weighted by molar-refractivity contribution is 0.397. The van der Waals surface area contributed by atoms with Crippen molar-refractivity contribution in [3.63, 3.8) is 0 Å². The summed E-state index contributed by atoms with van der Waals surface area (Å²) in [5.41, 5.74) is 2.70. The van der Waals surface area contributed by atoms with Gasteiger partial charge in [0.05, 0.1) is 18.4 Å². The zero-order valence-electron chi connectivity index (χ0n) is 17.6. The number of ether oxygens (including phenoxy) is 1. The minimum absolute atomic E-state index is 0.0472. The van der Waals surface area contributed by atoms with Crippen LogP contribution in [0, 0.1) is 11.6 Å². The van der Waals surface area contributed by atoms with E-state index in [9.17, 15) is 8.78 Å². The fourth-order valence-electron chi connectivity index (χ4n) is 4.15. The van der Waals surface area contributed by atoms with Crippen molar-refractivity contribution in [2.75, 3.05) is 25.5 Å². The van der Waals surface area contributed by atoms with Crippen LogP contribution in [0.2, 0.25) is 0 Å². The molecule has 0 saturated carbocycles. The molecule has 2 aromatic carbocycles. The van der Waals surface area contributed by atoms with Crippen LogP contribution in [-0.2, 0) is 0 Å². The van der Waals surface area contributed by atoms with E-state index in [0.717, 1.165) is 42.4 Å². The molecule has 0 aliphatic carbocycles. The van der Waals surface area contributed by atoms with Crippen molar-refractivity contribution in [2.24, 2.45) is 0 Å². The number of H-pyrrole nitrogens is 1. The highest BCUT2D eigenvalue weighted by molar-refractivity contribution is 5.97. The zero-order valence-corrected chi connectivity index (χ0v) is 17.6. The number of nitrogens with zero attached hydrogens (tertiary/aromatic N) is 2. The zero-order chi connectivity index (χ0) is 22.1. The number of hydrogen-bond donors (Lipinski definition) is 3. The predicted octanol–water partition coefficient (Wildman–Crippen LogP) is 4.74. The molecule has 0 radical (unpaired) electrons. The lowest BCUT2D eigenvalue weighted by Crippen LogP contribution is -2.38. The number of piperidine rings is 1. The molecule has 3 N–H and O–H groups in total. The normalized spacial score (nSPS) is 16.3. The van der Waals surface area contributed by atoms with Crippen LogP contribution in [-0.4, -0.2) is 41.2 Å². The van der Waals surface area contributed by atoms with Crippen LogP contribution < -0.4 is 15.4 Å². The van der Waals surface area contributed by atoms with E-state index in [1.165, 1.54) is 18.2 Å². The standard InChI is InChI=1S/C24H23F2N5O/c1-32-22-11-21(30-24(31-22)29-15-4-3-9-27-12-15)17-13-28-20-8-7-14(10-16(17)20)23-18(25)5-2-6-19(23)26/h2,5-8,10-11,13,15,27-28H,3-4,9,12H2,1H3,(H,29,30,31)/t15-/m1/s1. The van der Waals surface area contributed by atoms with Crippen molar-refractivity contribution in [2.45, 2.75) is 18.9 Å². The van der Waals surface area contributed by atoms with Crippen molar-refractivity contribution in [3.05, 3.63) is 60.3 Å². The topological polar surface area (TPSA) is 74.9 Å². The molecule has 2 aromatic heterocycles. The Kier molecular flexibility index (Phi) is 5.45. The van der Waals surface area contributed by atoms with Gasteiger partial charge in [-0.3, -0.25) is 0 Å². The fourth-order valence-corrected chi connectivity index (χ4v) is 4.15. The van der Waals surface area contributed by atoms with E-state index in [4.69, 9.17) is 9.72 Å². The first kappa shape index (κ1) is 20.4. The molecule has 32 heavy (non-hydrogen) atoms. The molecule has 1 aliphatic rings. The predicted molar refractivity (Wildman–Crippen MR) is 121 cm³/mol. The van der Waals surface area contributed by atoms with Gasteiger partial charge in [-0.25, -0.2) is 13.8 Å². The summed E-state index contributed by atoms with van der Waals surface area (Å²) < 4.78 is 34.1. The molecular weight excluding hydrogens is 412 g/mol. The van der Waals surface area contributed by atoms with Gasteiger partial charge >= 0.3 is 0 Å². The Morgan fingerprint density at radius 2 is 1.94 bits per heavy atom. The van der Waals surface area contributed by atoms with Crippen molar-refractivity contribution in [1.82, 2.24) is 20.3 Å². The van der Waals surface area contributed by atoms with E-state index >= 15 is 0 Å². The second kappa shape index (κ2) is 8.55. The van der Waals surface area contributed by atoms with Crippen LogP contribution in [0.15, 0.2) is 48.7 Å². The smallest absolute Gasteiger partial charge is 0.226 e. The highest BCUT2D eigenvalue weighted by Crippen LogP contribution is 2.34. The summed E-state index contributed by atoms with van der Waals surface area (Å²) in [7, 11) is 1.56. The summed E-state index contributed by atoms with van der Waals surface area (Å²) in [6.45, 7) is 1.86. The Morgan fingerprint density at radius 1 is 1.09 bits per heavy atom. The molecule has 6 nitrogen and oxygen atoms in total. The molecule has 1 fully saturated rings. The molecular formula is C24H23F2N5O. The van der Waals surface area contributed by atoms with E-state index in [0.29, 0.717) is 23.1 Å². The third kappa shape index (κ3) is 3.89. The molecule has 8 heteroatoms. The molecule has 1 atom stereocenters. The maximum Gasteiger partial charge on any atom is 0.226 e. The number of anilines is 1. The van der Waals surface area contributed by atoms with Gasteiger partial charge in [-0.15, -0.1) is 0 Å². The van der Waals surface area contributed by atoms with Gasteiger partial charge in [0.15, 0.2) is 0 Å². The van der Waals surface area contributed by atoms with Crippen LogP contribution in [0.5, 0.6) is 5.88 Å². The number of aromatic amines is 1. The average Bonchev–Trinajstić information content (AvgIpc) is 3.23. The molecule has 3 heterocycles. The van der Waals surface area contributed by atoms with E-state index < -0.39 is 11.6 Å². The van der Waals surface area contributed by atoms with E-state index in [1.807, 2.05) is 12.3 Å². The van der Waals surface area contributed by atoms with Gasteiger partial charge in [0.25, 0.3) is 0 Å². The first-order chi connectivity index (χ1) is 15.6. The molecule has 0 bridgehead atoms. The molecule has 1 saturated heterocycles. The second-order valence-corrected chi connectivity index (χ2v) is 7.87. The average molecular weight is 435 g/mol. The quantitative estimate of drug-likeness (QED) is 0.422. The van der Waals surface area contributed by atoms with Crippen molar-refractivity contribution in [3.8, 4) is 28.3 Å². The van der Waals surface area contributed by atoms with Gasteiger partial charge in [0.2, 0.25) is 11.8 Å². The summed E-state index contributed by atoms with van der Waals surface area (Å²) in [5.74, 6) is -0.277.